The monoisotopic (exact) mass is 511 g/mol. The predicted octanol–water partition coefficient (Wildman–Crippen LogP) is 5.10. The largest absolute Gasteiger partial charge is 0.493 e. The van der Waals surface area contributed by atoms with Gasteiger partial charge in [0.15, 0.2) is 17.3 Å². The fourth-order valence-electron chi connectivity index (χ4n) is 4.98. The normalized spacial score (nSPS) is 19.8. The summed E-state index contributed by atoms with van der Waals surface area (Å²) in [6, 6.07) is 9.60. The van der Waals surface area contributed by atoms with Crippen molar-refractivity contribution in [3.05, 3.63) is 68.7 Å². The van der Waals surface area contributed by atoms with Crippen LogP contribution in [0, 0.1) is 0 Å². The molecule has 1 N–H and O–H groups in total. The Bertz CT molecular complexity index is 1180. The third-order valence-electron chi connectivity index (χ3n) is 6.51. The molecule has 4 rings (SSSR count). The quantitative estimate of drug-likeness (QED) is 0.371. The van der Waals surface area contributed by atoms with Crippen molar-refractivity contribution in [2.75, 3.05) is 27.4 Å². The molecule has 2 heterocycles. The molecule has 0 saturated carbocycles. The van der Waals surface area contributed by atoms with Gasteiger partial charge in [0, 0.05) is 39.7 Å². The van der Waals surface area contributed by atoms with Gasteiger partial charge in [-0.2, -0.15) is 0 Å². The first-order valence-corrected chi connectivity index (χ1v) is 13.0. The Hall–Kier alpha value is -3.10. The lowest BCUT2D eigenvalue weighted by molar-refractivity contribution is -0.141. The summed E-state index contributed by atoms with van der Waals surface area (Å²) in [6.07, 6.45) is 1.11. The molecule has 1 aromatic heterocycles. The Morgan fingerprint density at radius 1 is 1.11 bits per heavy atom. The summed E-state index contributed by atoms with van der Waals surface area (Å²) in [7, 11) is 3.13. The van der Waals surface area contributed by atoms with Gasteiger partial charge in [0.1, 0.15) is 6.61 Å². The van der Waals surface area contributed by atoms with Gasteiger partial charge >= 0.3 is 5.97 Å². The Balaban J connectivity index is 1.77. The number of ketones is 1. The maximum absolute atomic E-state index is 13.7. The number of rotatable bonds is 9. The van der Waals surface area contributed by atoms with Crippen molar-refractivity contribution in [2.24, 2.45) is 0 Å². The molecule has 0 saturated heterocycles. The molecule has 0 bridgehead atoms. The van der Waals surface area contributed by atoms with Crippen LogP contribution in [-0.4, -0.2) is 45.3 Å². The second-order valence-corrected chi connectivity index (χ2v) is 10.2. The van der Waals surface area contributed by atoms with Crippen molar-refractivity contribution in [3.8, 4) is 11.5 Å². The van der Waals surface area contributed by atoms with E-state index in [1.54, 1.807) is 31.6 Å². The molecule has 0 spiro atoms. The molecule has 1 aromatic carbocycles. The van der Waals surface area contributed by atoms with Gasteiger partial charge in [-0.1, -0.05) is 18.2 Å². The molecule has 0 amide bonds. The average Bonchev–Trinajstić information content (AvgIpc) is 3.40. The van der Waals surface area contributed by atoms with Crippen LogP contribution in [0.5, 0.6) is 11.5 Å². The second kappa shape index (κ2) is 11.3. The fraction of sp³-hybridized carbons (Fsp3) is 0.429. The Morgan fingerprint density at radius 3 is 2.58 bits per heavy atom. The highest BCUT2D eigenvalue weighted by Crippen LogP contribution is 2.49. The summed E-state index contributed by atoms with van der Waals surface area (Å²) in [5.41, 5.74) is 3.19. The minimum atomic E-state index is -0.637. The molecule has 0 unspecified atom stereocenters. The zero-order valence-corrected chi connectivity index (χ0v) is 22.2. The first kappa shape index (κ1) is 26.0. The summed E-state index contributed by atoms with van der Waals surface area (Å²) >= 11 is 1.66. The van der Waals surface area contributed by atoms with Crippen LogP contribution in [-0.2, 0) is 19.1 Å². The van der Waals surface area contributed by atoms with Gasteiger partial charge in [0.2, 0.25) is 0 Å². The lowest BCUT2D eigenvalue weighted by atomic mass is 9.72. The van der Waals surface area contributed by atoms with Gasteiger partial charge in [-0.3, -0.25) is 4.79 Å². The summed E-state index contributed by atoms with van der Waals surface area (Å²) in [5, 5.41) is 5.42. The van der Waals surface area contributed by atoms with E-state index in [0.717, 1.165) is 5.70 Å². The number of esters is 1. The highest BCUT2D eigenvalue weighted by Gasteiger charge is 2.43. The van der Waals surface area contributed by atoms with Crippen LogP contribution in [0.2, 0.25) is 0 Å². The number of benzene rings is 1. The zero-order chi connectivity index (χ0) is 25.8. The topological polar surface area (TPSA) is 83.1 Å². The van der Waals surface area contributed by atoms with Crippen molar-refractivity contribution >= 4 is 23.1 Å². The summed E-state index contributed by atoms with van der Waals surface area (Å²) in [4.78, 5) is 28.3. The maximum Gasteiger partial charge on any atom is 0.336 e. The van der Waals surface area contributed by atoms with Crippen LogP contribution in [0.15, 0.2) is 58.3 Å². The molecule has 2 aromatic rings. The summed E-state index contributed by atoms with van der Waals surface area (Å²) < 4.78 is 22.4. The highest BCUT2D eigenvalue weighted by atomic mass is 32.1. The van der Waals surface area contributed by atoms with Crippen LogP contribution in [0.4, 0.5) is 0 Å². The van der Waals surface area contributed by atoms with Gasteiger partial charge in [-0.15, -0.1) is 11.3 Å². The van der Waals surface area contributed by atoms with Crippen LogP contribution < -0.4 is 14.8 Å². The molecule has 8 heteroatoms. The number of nitrogens with one attached hydrogen (secondary N) is 1. The van der Waals surface area contributed by atoms with Gasteiger partial charge in [0.25, 0.3) is 0 Å². The second-order valence-electron chi connectivity index (χ2n) is 9.17. The molecule has 2 aliphatic rings. The number of allylic oxidation sites excluding steroid dienone is 3. The van der Waals surface area contributed by atoms with Gasteiger partial charge in [-0.05, 0) is 44.7 Å². The Kier molecular flexibility index (Phi) is 8.16. The van der Waals surface area contributed by atoms with Crippen molar-refractivity contribution in [2.45, 2.75) is 51.6 Å². The number of dihydropyridines is 1. The van der Waals surface area contributed by atoms with E-state index in [-0.39, 0.29) is 24.4 Å². The van der Waals surface area contributed by atoms with Crippen LogP contribution in [0.1, 0.15) is 55.9 Å². The number of thiophene rings is 1. The van der Waals surface area contributed by atoms with Gasteiger partial charge in [0.05, 0.1) is 38.4 Å². The third-order valence-corrected chi connectivity index (χ3v) is 7.54. The van der Waals surface area contributed by atoms with E-state index < -0.39 is 11.9 Å². The third kappa shape index (κ3) is 5.20. The average molecular weight is 512 g/mol. The number of carbonyl (C=O) groups is 2. The van der Waals surface area contributed by atoms with E-state index in [1.807, 2.05) is 44.4 Å². The van der Waals surface area contributed by atoms with E-state index in [0.29, 0.717) is 53.4 Å². The Labute approximate surface area is 216 Å². The standard InChI is InChI=1S/C28H33NO6S/c1-16(2)34-11-12-35-28(31)24-17(3)29-20-14-18(23-10-7-13-36-23)15-21(30)26(20)25(24)19-8-6-9-22(32-4)27(19)33-5/h6-10,13,16,18,25,29H,11-12,14-15H2,1-5H3/t18-,25+/m1/s1. The van der Waals surface area contributed by atoms with Crippen LogP contribution in [0.25, 0.3) is 0 Å². The minimum absolute atomic E-state index is 0.0120. The molecular weight excluding hydrogens is 478 g/mol. The SMILES string of the molecule is COc1cccc([C@H]2C(C(=O)OCCOC(C)C)=C(C)NC3=C2C(=O)C[C@H](c2cccs2)C3)c1OC. The van der Waals surface area contributed by atoms with Crippen LogP contribution in [0.3, 0.4) is 0 Å². The first-order chi connectivity index (χ1) is 17.3. The number of para-hydroxylation sites is 1. The number of carbonyl (C=O) groups excluding carboxylic acids is 2. The zero-order valence-electron chi connectivity index (χ0n) is 21.4. The number of hydrogen-bond donors (Lipinski definition) is 1. The first-order valence-electron chi connectivity index (χ1n) is 12.1. The number of ether oxygens (including phenoxy) is 4. The minimum Gasteiger partial charge on any atom is -0.493 e. The van der Waals surface area contributed by atoms with Crippen molar-refractivity contribution in [1.82, 2.24) is 5.32 Å². The Morgan fingerprint density at radius 2 is 1.92 bits per heavy atom. The van der Waals surface area contributed by atoms with E-state index in [9.17, 15) is 9.59 Å². The van der Waals surface area contributed by atoms with Gasteiger partial charge < -0.3 is 24.3 Å². The number of Topliss-reactive ketones (excluding diaryl/α,β-unsaturated/α-hetero) is 1. The molecule has 1 aliphatic heterocycles. The van der Waals surface area contributed by atoms with E-state index in [4.69, 9.17) is 18.9 Å². The maximum atomic E-state index is 13.7. The van der Waals surface area contributed by atoms with Crippen molar-refractivity contribution in [3.63, 3.8) is 0 Å². The fourth-order valence-corrected chi connectivity index (χ4v) is 5.81. The molecule has 192 valence electrons. The van der Waals surface area contributed by atoms with Crippen molar-refractivity contribution in [1.29, 1.82) is 0 Å². The smallest absolute Gasteiger partial charge is 0.336 e. The molecule has 2 atom stereocenters. The number of methoxy groups -OCH3 is 2. The molecule has 0 fully saturated rings. The van der Waals surface area contributed by atoms with E-state index in [1.165, 1.54) is 4.88 Å². The predicted molar refractivity (Wildman–Crippen MR) is 138 cm³/mol. The van der Waals surface area contributed by atoms with Crippen LogP contribution >= 0.6 is 11.3 Å². The molecular formula is C28H33NO6S. The van der Waals surface area contributed by atoms with Crippen molar-refractivity contribution < 1.29 is 28.5 Å². The highest BCUT2D eigenvalue weighted by molar-refractivity contribution is 7.10. The van der Waals surface area contributed by atoms with Gasteiger partial charge in [-0.25, -0.2) is 4.79 Å². The molecule has 36 heavy (non-hydrogen) atoms. The number of hydrogen-bond acceptors (Lipinski definition) is 8. The van der Waals surface area contributed by atoms with E-state index >= 15 is 0 Å². The van der Waals surface area contributed by atoms with E-state index in [2.05, 4.69) is 11.4 Å². The summed E-state index contributed by atoms with van der Waals surface area (Å²) in [5.74, 6) is 0.0203. The summed E-state index contributed by atoms with van der Waals surface area (Å²) in [6.45, 7) is 6.12. The lowest BCUT2D eigenvalue weighted by Gasteiger charge is -2.37. The molecule has 7 nitrogen and oxygen atoms in total. The molecule has 0 radical (unpaired) electrons. The molecule has 1 aliphatic carbocycles. The lowest BCUT2D eigenvalue weighted by Crippen LogP contribution is -2.36.